The molecule has 0 spiro atoms. The highest BCUT2D eigenvalue weighted by molar-refractivity contribution is 7.80. The van der Waals surface area contributed by atoms with E-state index in [-0.39, 0.29) is 18.3 Å². The van der Waals surface area contributed by atoms with Crippen LogP contribution in [0.1, 0.15) is 43.4 Å². The van der Waals surface area contributed by atoms with Gasteiger partial charge in [-0.2, -0.15) is 0 Å². The van der Waals surface area contributed by atoms with E-state index in [0.29, 0.717) is 11.6 Å². The highest BCUT2D eigenvalue weighted by Gasteiger charge is 2.24. The Morgan fingerprint density at radius 1 is 1.35 bits per heavy atom. The standard InChI is InChI=1S/C16H23NO2S/c1-10-6-13(16(17)20)4-5-14(10)9-18-15-7-11(2)19-12(3)8-15/h4-6,11-12,15H,7-9H2,1-3H3,(H2,17,20). The normalized spacial score (nSPS) is 26.4. The van der Waals surface area contributed by atoms with Crippen molar-refractivity contribution in [2.45, 2.75) is 58.5 Å². The van der Waals surface area contributed by atoms with Gasteiger partial charge in [-0.15, -0.1) is 0 Å². The molecule has 1 aromatic carbocycles. The predicted octanol–water partition coefficient (Wildman–Crippen LogP) is 3.10. The molecule has 0 amide bonds. The van der Waals surface area contributed by atoms with Gasteiger partial charge in [-0.3, -0.25) is 0 Å². The van der Waals surface area contributed by atoms with Crippen LogP contribution in [0.15, 0.2) is 18.2 Å². The van der Waals surface area contributed by atoms with Gasteiger partial charge < -0.3 is 15.2 Å². The Hall–Kier alpha value is -0.970. The number of benzene rings is 1. The molecule has 1 aromatic rings. The van der Waals surface area contributed by atoms with Crippen molar-refractivity contribution in [2.75, 3.05) is 0 Å². The van der Waals surface area contributed by atoms with E-state index >= 15 is 0 Å². The summed E-state index contributed by atoms with van der Waals surface area (Å²) in [5.74, 6) is 0. The molecule has 0 aliphatic carbocycles. The van der Waals surface area contributed by atoms with Crippen molar-refractivity contribution < 1.29 is 9.47 Å². The van der Waals surface area contributed by atoms with Crippen molar-refractivity contribution in [3.63, 3.8) is 0 Å². The fraction of sp³-hybridized carbons (Fsp3) is 0.562. The summed E-state index contributed by atoms with van der Waals surface area (Å²) in [4.78, 5) is 0.438. The number of aryl methyl sites for hydroxylation is 1. The molecule has 0 saturated carbocycles. The first-order chi connectivity index (χ1) is 9.45. The maximum Gasteiger partial charge on any atom is 0.103 e. The Bertz CT molecular complexity index is 479. The maximum atomic E-state index is 6.05. The average molecular weight is 293 g/mol. The minimum atomic E-state index is 0.279. The van der Waals surface area contributed by atoms with Gasteiger partial charge in [0.1, 0.15) is 4.99 Å². The Morgan fingerprint density at radius 2 is 2.00 bits per heavy atom. The fourth-order valence-electron chi connectivity index (χ4n) is 2.70. The molecule has 4 heteroatoms. The summed E-state index contributed by atoms with van der Waals surface area (Å²) in [7, 11) is 0. The van der Waals surface area contributed by atoms with Crippen LogP contribution in [0.4, 0.5) is 0 Å². The van der Waals surface area contributed by atoms with Gasteiger partial charge >= 0.3 is 0 Å². The largest absolute Gasteiger partial charge is 0.389 e. The molecule has 1 saturated heterocycles. The van der Waals surface area contributed by atoms with Crippen LogP contribution >= 0.6 is 12.2 Å². The van der Waals surface area contributed by atoms with E-state index < -0.39 is 0 Å². The van der Waals surface area contributed by atoms with Gasteiger partial charge in [0.15, 0.2) is 0 Å². The number of nitrogens with two attached hydrogens (primary N) is 1. The molecule has 2 unspecified atom stereocenters. The van der Waals surface area contributed by atoms with Gasteiger partial charge in [-0.1, -0.05) is 24.4 Å². The van der Waals surface area contributed by atoms with Crippen LogP contribution in [-0.2, 0) is 16.1 Å². The summed E-state index contributed by atoms with van der Waals surface area (Å²) in [5.41, 5.74) is 8.91. The van der Waals surface area contributed by atoms with Crippen molar-refractivity contribution >= 4 is 17.2 Å². The quantitative estimate of drug-likeness (QED) is 0.866. The zero-order chi connectivity index (χ0) is 14.7. The number of thiocarbonyl (C=S) groups is 1. The van der Waals surface area contributed by atoms with Crippen LogP contribution in [0.25, 0.3) is 0 Å². The summed E-state index contributed by atoms with van der Waals surface area (Å²) in [6.07, 6.45) is 2.77. The molecule has 0 bridgehead atoms. The highest BCUT2D eigenvalue weighted by atomic mass is 32.1. The average Bonchev–Trinajstić information content (AvgIpc) is 2.36. The van der Waals surface area contributed by atoms with Crippen molar-refractivity contribution in [2.24, 2.45) is 5.73 Å². The molecular formula is C16H23NO2S. The Kier molecular flexibility index (Phi) is 5.13. The molecule has 1 aliphatic heterocycles. The topological polar surface area (TPSA) is 44.5 Å². The van der Waals surface area contributed by atoms with Crippen LogP contribution in [0.2, 0.25) is 0 Å². The number of ether oxygens (including phenoxy) is 2. The summed E-state index contributed by atoms with van der Waals surface area (Å²) >= 11 is 4.99. The Balaban J connectivity index is 1.95. The minimum absolute atomic E-state index is 0.279. The zero-order valence-corrected chi connectivity index (χ0v) is 13.2. The number of hydrogen-bond acceptors (Lipinski definition) is 3. The van der Waals surface area contributed by atoms with Crippen LogP contribution in [0.5, 0.6) is 0 Å². The molecular weight excluding hydrogens is 270 g/mol. The van der Waals surface area contributed by atoms with E-state index in [1.807, 2.05) is 12.1 Å². The first-order valence-corrected chi connectivity index (χ1v) is 7.53. The van der Waals surface area contributed by atoms with E-state index in [1.54, 1.807) is 0 Å². The molecule has 1 fully saturated rings. The fourth-order valence-corrected chi connectivity index (χ4v) is 2.83. The van der Waals surface area contributed by atoms with E-state index in [9.17, 15) is 0 Å². The van der Waals surface area contributed by atoms with Crippen molar-refractivity contribution in [1.82, 2.24) is 0 Å². The van der Waals surface area contributed by atoms with Crippen molar-refractivity contribution in [3.05, 3.63) is 34.9 Å². The van der Waals surface area contributed by atoms with E-state index in [1.165, 1.54) is 11.1 Å². The predicted molar refractivity (Wildman–Crippen MR) is 84.9 cm³/mol. The third-order valence-corrected chi connectivity index (χ3v) is 3.99. The molecule has 2 rings (SSSR count). The third kappa shape index (κ3) is 4.01. The van der Waals surface area contributed by atoms with Crippen LogP contribution < -0.4 is 5.73 Å². The van der Waals surface area contributed by atoms with Gasteiger partial charge in [-0.05, 0) is 50.8 Å². The molecule has 0 aromatic heterocycles. The van der Waals surface area contributed by atoms with E-state index in [0.717, 1.165) is 18.4 Å². The maximum absolute atomic E-state index is 6.05. The second-order valence-electron chi connectivity index (χ2n) is 5.67. The van der Waals surface area contributed by atoms with E-state index in [4.69, 9.17) is 27.4 Å². The first-order valence-electron chi connectivity index (χ1n) is 7.12. The molecule has 2 atom stereocenters. The van der Waals surface area contributed by atoms with Gasteiger partial charge in [-0.25, -0.2) is 0 Å². The Labute approximate surface area is 126 Å². The molecule has 3 nitrogen and oxygen atoms in total. The second kappa shape index (κ2) is 6.66. The molecule has 20 heavy (non-hydrogen) atoms. The van der Waals surface area contributed by atoms with Crippen molar-refractivity contribution in [3.8, 4) is 0 Å². The Morgan fingerprint density at radius 3 is 2.55 bits per heavy atom. The summed E-state index contributed by atoms with van der Waals surface area (Å²) in [6, 6.07) is 6.04. The lowest BCUT2D eigenvalue weighted by atomic mass is 10.0. The lowest BCUT2D eigenvalue weighted by molar-refractivity contribution is -0.106. The minimum Gasteiger partial charge on any atom is -0.389 e. The van der Waals surface area contributed by atoms with Gasteiger partial charge in [0.05, 0.1) is 24.9 Å². The lowest BCUT2D eigenvalue weighted by Crippen LogP contribution is -2.34. The summed E-state index contributed by atoms with van der Waals surface area (Å²) in [5, 5.41) is 0. The first kappa shape index (κ1) is 15.4. The number of rotatable bonds is 4. The molecule has 1 aliphatic rings. The van der Waals surface area contributed by atoms with Gasteiger partial charge in [0.2, 0.25) is 0 Å². The smallest absolute Gasteiger partial charge is 0.103 e. The molecule has 110 valence electrons. The van der Waals surface area contributed by atoms with E-state index in [2.05, 4.69) is 26.8 Å². The van der Waals surface area contributed by atoms with Crippen LogP contribution in [-0.4, -0.2) is 23.3 Å². The van der Waals surface area contributed by atoms with Gasteiger partial charge in [0, 0.05) is 5.56 Å². The summed E-state index contributed by atoms with van der Waals surface area (Å²) < 4.78 is 11.8. The van der Waals surface area contributed by atoms with Crippen molar-refractivity contribution in [1.29, 1.82) is 0 Å². The summed E-state index contributed by atoms with van der Waals surface area (Å²) in [6.45, 7) is 6.91. The SMILES string of the molecule is Cc1cc(C(N)=S)ccc1COC1CC(C)OC(C)C1. The molecule has 1 heterocycles. The molecule has 2 N–H and O–H groups in total. The van der Waals surface area contributed by atoms with Crippen LogP contribution in [0.3, 0.4) is 0 Å². The molecule has 0 radical (unpaired) electrons. The van der Waals surface area contributed by atoms with Crippen LogP contribution in [0, 0.1) is 6.92 Å². The third-order valence-electron chi connectivity index (χ3n) is 3.76. The van der Waals surface area contributed by atoms with Gasteiger partial charge in [0.25, 0.3) is 0 Å². The number of hydrogen-bond donors (Lipinski definition) is 1. The zero-order valence-electron chi connectivity index (χ0n) is 12.4. The lowest BCUT2D eigenvalue weighted by Gasteiger charge is -2.32. The monoisotopic (exact) mass is 293 g/mol. The highest BCUT2D eigenvalue weighted by Crippen LogP contribution is 2.23. The second-order valence-corrected chi connectivity index (χ2v) is 6.11.